The molecule has 0 unspecified atom stereocenters. The van der Waals surface area contributed by atoms with Gasteiger partial charge in [-0.15, -0.1) is 11.8 Å². The van der Waals surface area contributed by atoms with Crippen LogP contribution in [0.4, 0.5) is 11.5 Å². The van der Waals surface area contributed by atoms with Gasteiger partial charge in [-0.3, -0.25) is 4.79 Å². The number of carbonyl (C=O) groups excluding carboxylic acids is 1. The van der Waals surface area contributed by atoms with Crippen molar-refractivity contribution in [1.82, 2.24) is 14.9 Å². The number of thioether (sulfide) groups is 1. The van der Waals surface area contributed by atoms with Crippen LogP contribution >= 0.6 is 11.8 Å². The number of likely N-dealkylation sites (N-methyl/N-ethyl adjacent to an activating group) is 1. The highest BCUT2D eigenvalue weighted by Gasteiger charge is 2.17. The topological polar surface area (TPSA) is 61.4 Å². The van der Waals surface area contributed by atoms with E-state index in [1.54, 1.807) is 17.8 Å². The van der Waals surface area contributed by atoms with Crippen molar-refractivity contribution in [3.05, 3.63) is 42.4 Å². The number of nitrogens with one attached hydrogen (secondary N) is 1. The van der Waals surface area contributed by atoms with E-state index >= 15 is 0 Å². The number of benzene rings is 1. The molecule has 0 bridgehead atoms. The first-order valence-corrected chi connectivity index (χ1v) is 9.10. The zero-order chi connectivity index (χ0) is 16.9. The molecule has 2 heterocycles. The van der Waals surface area contributed by atoms with Crippen molar-refractivity contribution in [3.63, 3.8) is 0 Å². The summed E-state index contributed by atoms with van der Waals surface area (Å²) in [5, 5.41) is 2.94. The minimum atomic E-state index is -0.214. The molecule has 1 aromatic heterocycles. The highest BCUT2D eigenvalue weighted by molar-refractivity contribution is 7.98. The second kappa shape index (κ2) is 7.63. The van der Waals surface area contributed by atoms with Crippen molar-refractivity contribution >= 4 is 29.2 Å². The summed E-state index contributed by atoms with van der Waals surface area (Å²) in [7, 11) is 2.11. The average molecular weight is 343 g/mol. The van der Waals surface area contributed by atoms with Gasteiger partial charge in [0.15, 0.2) is 0 Å². The Bertz CT molecular complexity index is 716. The van der Waals surface area contributed by atoms with Gasteiger partial charge >= 0.3 is 0 Å². The average Bonchev–Trinajstić information content (AvgIpc) is 2.63. The highest BCUT2D eigenvalue weighted by Crippen LogP contribution is 2.25. The molecule has 6 nitrogen and oxygen atoms in total. The molecule has 3 rings (SSSR count). The van der Waals surface area contributed by atoms with Crippen molar-refractivity contribution in [2.75, 3.05) is 49.7 Å². The first-order chi connectivity index (χ1) is 11.7. The van der Waals surface area contributed by atoms with Crippen molar-refractivity contribution in [2.24, 2.45) is 0 Å². The quantitative estimate of drug-likeness (QED) is 0.859. The number of anilines is 2. The number of rotatable bonds is 4. The molecule has 0 saturated carbocycles. The Labute approximate surface area is 146 Å². The molecule has 7 heteroatoms. The van der Waals surface area contributed by atoms with E-state index in [4.69, 9.17) is 0 Å². The van der Waals surface area contributed by atoms with E-state index in [2.05, 4.69) is 32.1 Å². The summed E-state index contributed by atoms with van der Waals surface area (Å²) in [5.74, 6) is 0.593. The van der Waals surface area contributed by atoms with E-state index in [-0.39, 0.29) is 5.91 Å². The van der Waals surface area contributed by atoms with Gasteiger partial charge in [0.2, 0.25) is 0 Å². The van der Waals surface area contributed by atoms with Crippen LogP contribution < -0.4 is 10.2 Å². The Balaban J connectivity index is 1.75. The van der Waals surface area contributed by atoms with Gasteiger partial charge in [-0.05, 0) is 25.4 Å². The van der Waals surface area contributed by atoms with Gasteiger partial charge in [0.25, 0.3) is 5.91 Å². The van der Waals surface area contributed by atoms with Gasteiger partial charge in [0, 0.05) is 37.1 Å². The molecule has 1 aliphatic rings. The van der Waals surface area contributed by atoms with Crippen molar-refractivity contribution in [1.29, 1.82) is 0 Å². The number of hydrogen-bond donors (Lipinski definition) is 1. The third-order valence-corrected chi connectivity index (χ3v) is 4.86. The van der Waals surface area contributed by atoms with E-state index in [1.165, 1.54) is 6.33 Å². The molecule has 0 radical (unpaired) electrons. The molecule has 1 N–H and O–H groups in total. The van der Waals surface area contributed by atoms with E-state index in [1.807, 2.05) is 30.5 Å². The Morgan fingerprint density at radius 1 is 1.17 bits per heavy atom. The molecule has 1 amide bonds. The molecule has 1 aliphatic heterocycles. The van der Waals surface area contributed by atoms with Crippen molar-refractivity contribution in [3.8, 4) is 0 Å². The first kappa shape index (κ1) is 16.7. The zero-order valence-electron chi connectivity index (χ0n) is 13.9. The van der Waals surface area contributed by atoms with Crippen LogP contribution in [0.2, 0.25) is 0 Å². The second-order valence-corrected chi connectivity index (χ2v) is 6.55. The number of amides is 1. The van der Waals surface area contributed by atoms with Crippen LogP contribution in [0.3, 0.4) is 0 Å². The van der Waals surface area contributed by atoms with E-state index in [0.717, 1.165) is 42.6 Å². The van der Waals surface area contributed by atoms with Gasteiger partial charge < -0.3 is 15.1 Å². The van der Waals surface area contributed by atoms with Gasteiger partial charge in [-0.1, -0.05) is 12.1 Å². The van der Waals surface area contributed by atoms with Crippen LogP contribution in [-0.4, -0.2) is 60.3 Å². The number of para-hydroxylation sites is 1. The lowest BCUT2D eigenvalue weighted by molar-refractivity contribution is 0.102. The van der Waals surface area contributed by atoms with E-state index < -0.39 is 0 Å². The van der Waals surface area contributed by atoms with Crippen molar-refractivity contribution < 1.29 is 4.79 Å². The van der Waals surface area contributed by atoms with Gasteiger partial charge in [-0.2, -0.15) is 0 Å². The summed E-state index contributed by atoms with van der Waals surface area (Å²) in [6, 6.07) is 9.51. The highest BCUT2D eigenvalue weighted by atomic mass is 32.2. The minimum Gasteiger partial charge on any atom is -0.354 e. The molecule has 126 valence electrons. The molecule has 1 fully saturated rings. The summed E-state index contributed by atoms with van der Waals surface area (Å²) in [6.07, 6.45) is 3.45. The molecular weight excluding hydrogens is 322 g/mol. The lowest BCUT2D eigenvalue weighted by atomic mass is 10.2. The van der Waals surface area contributed by atoms with Gasteiger partial charge in [-0.25, -0.2) is 9.97 Å². The summed E-state index contributed by atoms with van der Waals surface area (Å²) < 4.78 is 0. The standard InChI is InChI=1S/C17H21N5OS/c1-21-7-9-22(10-8-21)16-11-14(18-12-19-16)17(23)20-13-5-3-4-6-15(13)24-2/h3-6,11-12H,7-10H2,1-2H3,(H,20,23). The largest absolute Gasteiger partial charge is 0.354 e. The van der Waals surface area contributed by atoms with Crippen LogP contribution in [0.1, 0.15) is 10.5 Å². The predicted molar refractivity (Wildman–Crippen MR) is 97.9 cm³/mol. The molecule has 24 heavy (non-hydrogen) atoms. The molecule has 2 aromatic rings. The van der Waals surface area contributed by atoms with E-state index in [9.17, 15) is 4.79 Å². The maximum Gasteiger partial charge on any atom is 0.274 e. The Morgan fingerprint density at radius 2 is 1.92 bits per heavy atom. The minimum absolute atomic E-state index is 0.214. The summed E-state index contributed by atoms with van der Waals surface area (Å²) in [4.78, 5) is 26.5. The maximum atomic E-state index is 12.5. The number of aromatic nitrogens is 2. The number of carbonyl (C=O) groups is 1. The summed E-state index contributed by atoms with van der Waals surface area (Å²) in [5.41, 5.74) is 1.18. The molecule has 1 saturated heterocycles. The smallest absolute Gasteiger partial charge is 0.274 e. The summed E-state index contributed by atoms with van der Waals surface area (Å²) in [6.45, 7) is 3.80. The Morgan fingerprint density at radius 3 is 2.67 bits per heavy atom. The molecule has 0 aliphatic carbocycles. The zero-order valence-corrected chi connectivity index (χ0v) is 14.7. The van der Waals surface area contributed by atoms with Crippen molar-refractivity contribution in [2.45, 2.75) is 4.90 Å². The Hall–Kier alpha value is -2.12. The summed E-state index contributed by atoms with van der Waals surface area (Å²) >= 11 is 1.60. The van der Waals surface area contributed by atoms with Gasteiger partial charge in [0.1, 0.15) is 17.8 Å². The molecular formula is C17H21N5OS. The van der Waals surface area contributed by atoms with Crippen LogP contribution in [0.25, 0.3) is 0 Å². The van der Waals surface area contributed by atoms with Crippen LogP contribution in [0, 0.1) is 0 Å². The number of piperazine rings is 1. The lowest BCUT2D eigenvalue weighted by Gasteiger charge is -2.33. The third kappa shape index (κ3) is 3.85. The van der Waals surface area contributed by atoms with Gasteiger partial charge in [0.05, 0.1) is 5.69 Å². The fraction of sp³-hybridized carbons (Fsp3) is 0.353. The second-order valence-electron chi connectivity index (χ2n) is 5.71. The van der Waals surface area contributed by atoms with Crippen LogP contribution in [-0.2, 0) is 0 Å². The van der Waals surface area contributed by atoms with E-state index in [0.29, 0.717) is 5.69 Å². The third-order valence-electron chi connectivity index (χ3n) is 4.07. The number of hydrogen-bond acceptors (Lipinski definition) is 6. The normalized spacial score (nSPS) is 15.3. The van der Waals surface area contributed by atoms with Crippen LogP contribution in [0.15, 0.2) is 41.6 Å². The maximum absolute atomic E-state index is 12.5. The fourth-order valence-electron chi connectivity index (χ4n) is 2.61. The molecule has 0 spiro atoms. The van der Waals surface area contributed by atoms with Crippen LogP contribution in [0.5, 0.6) is 0 Å². The fourth-order valence-corrected chi connectivity index (χ4v) is 3.17. The molecule has 0 atom stereocenters. The monoisotopic (exact) mass is 343 g/mol. The predicted octanol–water partition coefficient (Wildman–Crippen LogP) is 2.20. The number of nitrogens with zero attached hydrogens (tertiary/aromatic N) is 4. The first-order valence-electron chi connectivity index (χ1n) is 7.87. The Kier molecular flexibility index (Phi) is 5.32. The SMILES string of the molecule is CSc1ccccc1NC(=O)c1cc(N2CCN(C)CC2)ncn1. The lowest BCUT2D eigenvalue weighted by Crippen LogP contribution is -2.44. The molecule has 1 aromatic carbocycles.